The van der Waals surface area contributed by atoms with E-state index in [4.69, 9.17) is 12.2 Å². The van der Waals surface area contributed by atoms with Gasteiger partial charge in [-0.2, -0.15) is 0 Å². The Hall–Kier alpha value is -2.07. The second-order valence-corrected chi connectivity index (χ2v) is 6.51. The van der Waals surface area contributed by atoms with Crippen molar-refractivity contribution in [2.75, 3.05) is 10.2 Å². The van der Waals surface area contributed by atoms with Gasteiger partial charge in [0.25, 0.3) is 0 Å². The first-order valence-corrected chi connectivity index (χ1v) is 8.40. The molecule has 23 heavy (non-hydrogen) atoms. The van der Waals surface area contributed by atoms with Gasteiger partial charge in [-0.15, -0.1) is 0 Å². The highest BCUT2D eigenvalue weighted by atomic mass is 32.1. The molecule has 2 N–H and O–H groups in total. The largest absolute Gasteiger partial charge is 0.360 e. The molecule has 0 saturated carbocycles. The third-order valence-electron chi connectivity index (χ3n) is 3.37. The van der Waals surface area contributed by atoms with Crippen LogP contribution in [0.2, 0.25) is 0 Å². The van der Waals surface area contributed by atoms with Crippen LogP contribution >= 0.6 is 12.2 Å². The van der Waals surface area contributed by atoms with E-state index in [0.717, 1.165) is 5.69 Å². The highest BCUT2D eigenvalue weighted by Gasteiger charge is 2.12. The van der Waals surface area contributed by atoms with Crippen molar-refractivity contribution in [2.45, 2.75) is 39.8 Å². The van der Waals surface area contributed by atoms with Gasteiger partial charge in [0.15, 0.2) is 5.11 Å². The summed E-state index contributed by atoms with van der Waals surface area (Å²) >= 11 is 5.28. The van der Waals surface area contributed by atoms with E-state index < -0.39 is 0 Å². The monoisotopic (exact) mass is 327 g/mol. The predicted molar refractivity (Wildman–Crippen MR) is 105 cm³/mol. The molecule has 0 heterocycles. The highest BCUT2D eigenvalue weighted by molar-refractivity contribution is 7.80. The minimum Gasteiger partial charge on any atom is -0.360 e. The van der Waals surface area contributed by atoms with Crippen molar-refractivity contribution in [3.8, 4) is 0 Å². The maximum absolute atomic E-state index is 5.28. The zero-order valence-corrected chi connectivity index (χ0v) is 15.0. The van der Waals surface area contributed by atoms with E-state index in [1.165, 1.54) is 11.4 Å². The van der Waals surface area contributed by atoms with Crippen molar-refractivity contribution < 1.29 is 0 Å². The fourth-order valence-electron chi connectivity index (χ4n) is 2.47. The summed E-state index contributed by atoms with van der Waals surface area (Å²) in [4.78, 5) is 2.31. The van der Waals surface area contributed by atoms with Crippen molar-refractivity contribution in [1.82, 2.24) is 5.32 Å². The van der Waals surface area contributed by atoms with Crippen LogP contribution in [-0.4, -0.2) is 17.2 Å². The molecule has 4 heteroatoms. The minimum atomic E-state index is 0.323. The Morgan fingerprint density at radius 1 is 0.870 bits per heavy atom. The molecule has 0 saturated heterocycles. The summed E-state index contributed by atoms with van der Waals surface area (Å²) in [7, 11) is 0. The Morgan fingerprint density at radius 2 is 1.43 bits per heavy atom. The van der Waals surface area contributed by atoms with Crippen LogP contribution in [0.4, 0.5) is 17.1 Å². The number of rotatable bonds is 5. The molecule has 0 aliphatic rings. The smallest absolute Gasteiger partial charge is 0.170 e. The number of hydrogen-bond donors (Lipinski definition) is 2. The number of thiocarbonyl (C=S) groups is 1. The van der Waals surface area contributed by atoms with Crippen LogP contribution < -0.4 is 15.5 Å². The average Bonchev–Trinajstić information content (AvgIpc) is 2.49. The summed E-state index contributed by atoms with van der Waals surface area (Å²) < 4.78 is 0. The number of hydrogen-bond acceptors (Lipinski definition) is 2. The molecule has 2 rings (SSSR count). The Bertz CT molecular complexity index is 621. The Labute approximate surface area is 144 Å². The van der Waals surface area contributed by atoms with E-state index in [0.29, 0.717) is 17.2 Å². The Kier molecular flexibility index (Phi) is 5.99. The van der Waals surface area contributed by atoms with Crippen LogP contribution in [0, 0.1) is 0 Å². The van der Waals surface area contributed by atoms with Crippen molar-refractivity contribution >= 4 is 34.4 Å². The summed E-state index contributed by atoms with van der Waals surface area (Å²) in [5.41, 5.74) is 3.35. The first kappa shape index (κ1) is 17.3. The SMILES string of the molecule is CC(C)NC(=S)Nc1ccc(N(c2ccccc2)C(C)C)cc1. The van der Waals surface area contributed by atoms with Crippen LogP contribution in [0.1, 0.15) is 27.7 Å². The maximum Gasteiger partial charge on any atom is 0.170 e. The lowest BCUT2D eigenvalue weighted by Crippen LogP contribution is -2.33. The van der Waals surface area contributed by atoms with E-state index in [1.807, 2.05) is 6.07 Å². The normalized spacial score (nSPS) is 10.7. The summed E-state index contributed by atoms with van der Waals surface area (Å²) in [6, 6.07) is 19.5. The van der Waals surface area contributed by atoms with Gasteiger partial charge in [-0.25, -0.2) is 0 Å². The quantitative estimate of drug-likeness (QED) is 0.762. The van der Waals surface area contributed by atoms with E-state index in [1.54, 1.807) is 0 Å². The van der Waals surface area contributed by atoms with Crippen LogP contribution in [0.3, 0.4) is 0 Å². The summed E-state index contributed by atoms with van der Waals surface area (Å²) in [5.74, 6) is 0. The molecule has 0 amide bonds. The van der Waals surface area contributed by atoms with Crippen LogP contribution in [0.15, 0.2) is 54.6 Å². The number of nitrogens with one attached hydrogen (secondary N) is 2. The van der Waals surface area contributed by atoms with Crippen LogP contribution in [0.25, 0.3) is 0 Å². The van der Waals surface area contributed by atoms with Gasteiger partial charge < -0.3 is 15.5 Å². The first-order chi connectivity index (χ1) is 11.0. The summed E-state index contributed by atoms with van der Waals surface area (Å²) in [5, 5.41) is 7.04. The molecule has 0 atom stereocenters. The maximum atomic E-state index is 5.28. The first-order valence-electron chi connectivity index (χ1n) is 7.99. The van der Waals surface area contributed by atoms with E-state index in [9.17, 15) is 0 Å². The zero-order valence-electron chi connectivity index (χ0n) is 14.2. The van der Waals surface area contributed by atoms with E-state index in [2.05, 4.69) is 91.8 Å². The number of anilines is 3. The van der Waals surface area contributed by atoms with Gasteiger partial charge in [0.2, 0.25) is 0 Å². The molecule has 0 unspecified atom stereocenters. The zero-order chi connectivity index (χ0) is 16.8. The van der Waals surface area contributed by atoms with Gasteiger partial charge in [-0.1, -0.05) is 18.2 Å². The fraction of sp³-hybridized carbons (Fsp3) is 0.316. The molecular weight excluding hydrogens is 302 g/mol. The molecule has 3 nitrogen and oxygen atoms in total. The molecule has 0 aromatic heterocycles. The third kappa shape index (κ3) is 4.96. The molecule has 0 aliphatic carbocycles. The lowest BCUT2D eigenvalue weighted by atomic mass is 10.2. The molecule has 2 aromatic carbocycles. The fourth-order valence-corrected chi connectivity index (χ4v) is 2.82. The molecular formula is C19H25N3S. The van der Waals surface area contributed by atoms with Gasteiger partial charge in [0.1, 0.15) is 0 Å². The van der Waals surface area contributed by atoms with E-state index >= 15 is 0 Å². The molecule has 0 spiro atoms. The van der Waals surface area contributed by atoms with Gasteiger partial charge in [-0.3, -0.25) is 0 Å². The highest BCUT2D eigenvalue weighted by Crippen LogP contribution is 2.28. The third-order valence-corrected chi connectivity index (χ3v) is 3.59. The van der Waals surface area contributed by atoms with Gasteiger partial charge >= 0.3 is 0 Å². The molecule has 0 aliphatic heterocycles. The molecule has 0 fully saturated rings. The lowest BCUT2D eigenvalue weighted by Gasteiger charge is -2.29. The van der Waals surface area contributed by atoms with Gasteiger partial charge in [-0.05, 0) is 76.3 Å². The lowest BCUT2D eigenvalue weighted by molar-refractivity contribution is 0.739. The van der Waals surface area contributed by atoms with Crippen LogP contribution in [-0.2, 0) is 0 Å². The standard InChI is InChI=1S/C19H25N3S/c1-14(2)20-19(23)21-16-10-12-18(13-11-16)22(15(3)4)17-8-6-5-7-9-17/h5-15H,1-4H3,(H2,20,21,23). The molecule has 122 valence electrons. The number of para-hydroxylation sites is 1. The minimum absolute atomic E-state index is 0.323. The average molecular weight is 327 g/mol. The number of benzene rings is 2. The molecule has 0 radical (unpaired) electrons. The summed E-state index contributed by atoms with van der Waals surface area (Å²) in [6.07, 6.45) is 0. The van der Waals surface area contributed by atoms with Crippen LogP contribution in [0.5, 0.6) is 0 Å². The summed E-state index contributed by atoms with van der Waals surface area (Å²) in [6.45, 7) is 8.52. The molecule has 0 bridgehead atoms. The van der Waals surface area contributed by atoms with E-state index in [-0.39, 0.29) is 0 Å². The molecule has 2 aromatic rings. The van der Waals surface area contributed by atoms with Crippen molar-refractivity contribution in [3.05, 3.63) is 54.6 Å². The predicted octanol–water partition coefficient (Wildman–Crippen LogP) is 4.93. The Balaban J connectivity index is 2.15. The van der Waals surface area contributed by atoms with Crippen molar-refractivity contribution in [2.24, 2.45) is 0 Å². The number of nitrogens with zero attached hydrogens (tertiary/aromatic N) is 1. The topological polar surface area (TPSA) is 27.3 Å². The Morgan fingerprint density at radius 3 is 1.96 bits per heavy atom. The van der Waals surface area contributed by atoms with Gasteiger partial charge in [0.05, 0.1) is 0 Å². The second kappa shape index (κ2) is 7.97. The van der Waals surface area contributed by atoms with Gasteiger partial charge in [0, 0.05) is 29.1 Å². The van der Waals surface area contributed by atoms with Crippen molar-refractivity contribution in [3.63, 3.8) is 0 Å². The second-order valence-electron chi connectivity index (χ2n) is 6.10. The van der Waals surface area contributed by atoms with Crippen molar-refractivity contribution in [1.29, 1.82) is 0 Å².